The molecule has 0 aliphatic carbocycles. The molecule has 1 N–H and O–H groups in total. The average Bonchev–Trinajstić information content (AvgIpc) is 3.21. The summed E-state index contributed by atoms with van der Waals surface area (Å²) in [5.74, 6) is 0.822. The lowest BCUT2D eigenvalue weighted by molar-refractivity contribution is -0.113. The van der Waals surface area contributed by atoms with Crippen molar-refractivity contribution in [3.8, 4) is 10.7 Å². The Bertz CT molecular complexity index is 944. The third kappa shape index (κ3) is 4.61. The van der Waals surface area contributed by atoms with Gasteiger partial charge in [-0.05, 0) is 47.1 Å². The molecule has 3 rings (SSSR count). The maximum Gasteiger partial charge on any atom is 0.234 e. The van der Waals surface area contributed by atoms with Crippen molar-refractivity contribution in [2.24, 2.45) is 0 Å². The van der Waals surface area contributed by atoms with Crippen molar-refractivity contribution in [1.82, 2.24) is 14.8 Å². The number of carbonyl (C=O) groups is 1. The summed E-state index contributed by atoms with van der Waals surface area (Å²) in [6, 6.07) is 6.94. The molecule has 0 bridgehead atoms. The number of nitrogens with zero attached hydrogens (tertiary/aromatic N) is 3. The summed E-state index contributed by atoms with van der Waals surface area (Å²) < 4.78 is 3.00. The van der Waals surface area contributed by atoms with E-state index in [9.17, 15) is 4.79 Å². The molecular formula is C16H13BrCl2N4OS2. The summed E-state index contributed by atoms with van der Waals surface area (Å²) in [7, 11) is 0. The molecule has 26 heavy (non-hydrogen) atoms. The number of thioether (sulfide) groups is 1. The number of benzene rings is 1. The van der Waals surface area contributed by atoms with Gasteiger partial charge in [-0.15, -0.1) is 21.5 Å². The lowest BCUT2D eigenvalue weighted by Gasteiger charge is -2.08. The zero-order valence-electron chi connectivity index (χ0n) is 13.5. The molecule has 136 valence electrons. The van der Waals surface area contributed by atoms with Crippen LogP contribution < -0.4 is 5.32 Å². The number of hydrogen-bond donors (Lipinski definition) is 1. The maximum atomic E-state index is 12.2. The Morgan fingerprint density at radius 1 is 1.35 bits per heavy atom. The van der Waals surface area contributed by atoms with E-state index in [2.05, 4.69) is 31.4 Å². The van der Waals surface area contributed by atoms with Crippen molar-refractivity contribution >= 4 is 73.8 Å². The van der Waals surface area contributed by atoms with E-state index in [0.717, 1.165) is 15.2 Å². The van der Waals surface area contributed by atoms with Crippen molar-refractivity contribution in [3.63, 3.8) is 0 Å². The highest BCUT2D eigenvalue weighted by atomic mass is 79.9. The second-order valence-corrected chi connectivity index (χ2v) is 8.75. The monoisotopic (exact) mass is 490 g/mol. The number of rotatable bonds is 6. The molecule has 0 spiro atoms. The fourth-order valence-corrected chi connectivity index (χ4v) is 4.88. The van der Waals surface area contributed by atoms with E-state index < -0.39 is 0 Å². The topological polar surface area (TPSA) is 59.8 Å². The summed E-state index contributed by atoms with van der Waals surface area (Å²) in [5.41, 5.74) is 0.530. The van der Waals surface area contributed by atoms with Crippen LogP contribution in [-0.2, 0) is 11.3 Å². The molecule has 5 nitrogen and oxygen atoms in total. The Morgan fingerprint density at radius 2 is 2.15 bits per heavy atom. The molecule has 0 aliphatic heterocycles. The third-order valence-corrected chi connectivity index (χ3v) is 6.56. The van der Waals surface area contributed by atoms with Crippen LogP contribution >= 0.6 is 62.2 Å². The number of halogens is 3. The third-order valence-electron chi connectivity index (χ3n) is 3.36. The van der Waals surface area contributed by atoms with Gasteiger partial charge in [0.25, 0.3) is 0 Å². The molecule has 3 aromatic rings. The van der Waals surface area contributed by atoms with Crippen LogP contribution in [0.3, 0.4) is 0 Å². The van der Waals surface area contributed by atoms with Crippen molar-refractivity contribution in [1.29, 1.82) is 0 Å². The number of aromatic nitrogens is 3. The van der Waals surface area contributed by atoms with Crippen molar-refractivity contribution in [2.45, 2.75) is 18.6 Å². The SMILES string of the molecule is CCn1c(SCC(=O)Nc2ccc(Cl)cc2Cl)nnc1-c1cc(Br)cs1. The number of anilines is 1. The number of hydrogen-bond acceptors (Lipinski definition) is 5. The Morgan fingerprint density at radius 3 is 2.81 bits per heavy atom. The second kappa shape index (κ2) is 8.75. The summed E-state index contributed by atoms with van der Waals surface area (Å²) in [6.07, 6.45) is 0. The van der Waals surface area contributed by atoms with Crippen LogP contribution in [0.1, 0.15) is 6.92 Å². The van der Waals surface area contributed by atoms with Crippen LogP contribution in [0, 0.1) is 0 Å². The van der Waals surface area contributed by atoms with Crippen LogP contribution in [-0.4, -0.2) is 26.4 Å². The smallest absolute Gasteiger partial charge is 0.234 e. The number of thiophene rings is 1. The van der Waals surface area contributed by atoms with Gasteiger partial charge in [0.1, 0.15) is 0 Å². The highest BCUT2D eigenvalue weighted by Crippen LogP contribution is 2.31. The van der Waals surface area contributed by atoms with Gasteiger partial charge in [-0.25, -0.2) is 0 Å². The largest absolute Gasteiger partial charge is 0.324 e. The standard InChI is InChI=1S/C16H13BrCl2N4OS2/c1-2-23-15(13-5-9(17)7-25-13)21-22-16(23)26-8-14(24)20-12-4-3-10(18)6-11(12)19/h3-7H,2,8H2,1H3,(H,20,24). The van der Waals surface area contributed by atoms with Gasteiger partial charge >= 0.3 is 0 Å². The molecular weight excluding hydrogens is 479 g/mol. The zero-order valence-corrected chi connectivity index (χ0v) is 18.2. The quantitative estimate of drug-likeness (QED) is 0.441. The second-order valence-electron chi connectivity index (χ2n) is 5.14. The van der Waals surface area contributed by atoms with E-state index in [1.165, 1.54) is 11.8 Å². The van der Waals surface area contributed by atoms with Crippen LogP contribution in [0.5, 0.6) is 0 Å². The van der Waals surface area contributed by atoms with Gasteiger partial charge in [-0.3, -0.25) is 4.79 Å². The number of nitrogens with one attached hydrogen (secondary N) is 1. The molecule has 1 aromatic carbocycles. The fourth-order valence-electron chi connectivity index (χ4n) is 2.20. The Kier molecular flexibility index (Phi) is 6.63. The molecule has 0 unspecified atom stereocenters. The van der Waals surface area contributed by atoms with Gasteiger partial charge in [-0.2, -0.15) is 0 Å². The number of carbonyl (C=O) groups excluding carboxylic acids is 1. The summed E-state index contributed by atoms with van der Waals surface area (Å²) >= 11 is 18.3. The first-order chi connectivity index (χ1) is 12.5. The van der Waals surface area contributed by atoms with Crippen molar-refractivity contribution in [2.75, 3.05) is 11.1 Å². The zero-order chi connectivity index (χ0) is 18.7. The molecule has 0 aliphatic rings. The van der Waals surface area contributed by atoms with Crippen molar-refractivity contribution in [3.05, 3.63) is 44.2 Å². The van der Waals surface area contributed by atoms with Gasteiger partial charge in [-0.1, -0.05) is 35.0 Å². The first-order valence-corrected chi connectivity index (χ1v) is 10.9. The average molecular weight is 492 g/mol. The fraction of sp³-hybridized carbons (Fsp3) is 0.188. The molecule has 0 saturated heterocycles. The van der Waals surface area contributed by atoms with Crippen LogP contribution in [0.2, 0.25) is 10.0 Å². The lowest BCUT2D eigenvalue weighted by atomic mass is 10.3. The van der Waals surface area contributed by atoms with Gasteiger partial charge in [0, 0.05) is 21.4 Å². The normalized spacial score (nSPS) is 10.9. The minimum atomic E-state index is -0.176. The molecule has 0 saturated carbocycles. The lowest BCUT2D eigenvalue weighted by Crippen LogP contribution is -2.15. The van der Waals surface area contributed by atoms with Crippen LogP contribution in [0.25, 0.3) is 10.7 Å². The van der Waals surface area contributed by atoms with Crippen LogP contribution in [0.15, 0.2) is 39.3 Å². The van der Waals surface area contributed by atoms with E-state index in [0.29, 0.717) is 27.4 Å². The first kappa shape index (κ1) is 19.7. The Balaban J connectivity index is 1.67. The minimum Gasteiger partial charge on any atom is -0.324 e. The van der Waals surface area contributed by atoms with Gasteiger partial charge in [0.15, 0.2) is 11.0 Å². The van der Waals surface area contributed by atoms with E-state index in [4.69, 9.17) is 23.2 Å². The van der Waals surface area contributed by atoms with E-state index in [-0.39, 0.29) is 11.7 Å². The molecule has 2 aromatic heterocycles. The van der Waals surface area contributed by atoms with E-state index >= 15 is 0 Å². The van der Waals surface area contributed by atoms with E-state index in [1.54, 1.807) is 29.5 Å². The van der Waals surface area contributed by atoms with Gasteiger partial charge < -0.3 is 9.88 Å². The molecule has 0 atom stereocenters. The first-order valence-electron chi connectivity index (χ1n) is 7.53. The molecule has 10 heteroatoms. The van der Waals surface area contributed by atoms with Gasteiger partial charge in [0.2, 0.25) is 5.91 Å². The van der Waals surface area contributed by atoms with Gasteiger partial charge in [0.05, 0.1) is 21.3 Å². The highest BCUT2D eigenvalue weighted by molar-refractivity contribution is 9.10. The maximum absolute atomic E-state index is 12.2. The Labute approximate surface area is 177 Å². The molecule has 0 fully saturated rings. The molecule has 0 radical (unpaired) electrons. The molecule has 1 amide bonds. The summed E-state index contributed by atoms with van der Waals surface area (Å²) in [6.45, 7) is 2.73. The predicted octanol–water partition coefficient (Wildman–Crippen LogP) is 5.83. The summed E-state index contributed by atoms with van der Waals surface area (Å²) in [5, 5.41) is 14.9. The summed E-state index contributed by atoms with van der Waals surface area (Å²) in [4.78, 5) is 13.2. The van der Waals surface area contributed by atoms with E-state index in [1.807, 2.05) is 22.9 Å². The van der Waals surface area contributed by atoms with Crippen molar-refractivity contribution < 1.29 is 4.79 Å². The molecule has 2 heterocycles. The number of amides is 1. The Hall–Kier alpha value is -1.06. The van der Waals surface area contributed by atoms with Crippen LogP contribution in [0.4, 0.5) is 5.69 Å². The predicted molar refractivity (Wildman–Crippen MR) is 113 cm³/mol. The minimum absolute atomic E-state index is 0.176. The highest BCUT2D eigenvalue weighted by Gasteiger charge is 2.16.